The maximum Gasteiger partial charge on any atom is 0.241 e. The van der Waals surface area contributed by atoms with Crippen molar-refractivity contribution in [3.8, 4) is 0 Å². The van der Waals surface area contributed by atoms with E-state index < -0.39 is 0 Å². The van der Waals surface area contributed by atoms with Gasteiger partial charge in [0.15, 0.2) is 0 Å². The van der Waals surface area contributed by atoms with Gasteiger partial charge in [0.2, 0.25) is 11.8 Å². The van der Waals surface area contributed by atoms with Crippen molar-refractivity contribution in [3.63, 3.8) is 0 Å². The van der Waals surface area contributed by atoms with Gasteiger partial charge in [-0.25, -0.2) is 4.68 Å². The first-order valence-corrected chi connectivity index (χ1v) is 11.7. The van der Waals surface area contributed by atoms with E-state index in [1.54, 1.807) is 28.8 Å². The third kappa shape index (κ3) is 5.31. The lowest BCUT2D eigenvalue weighted by Crippen LogP contribution is -2.34. The third-order valence-corrected chi connectivity index (χ3v) is 6.72. The van der Waals surface area contributed by atoms with Gasteiger partial charge in [0.1, 0.15) is 12.4 Å². The number of carbonyl (C=O) groups excluding carboxylic acids is 2. The molecule has 8 nitrogen and oxygen atoms in total. The highest BCUT2D eigenvalue weighted by atomic mass is 32.2. The van der Waals surface area contributed by atoms with Crippen molar-refractivity contribution < 1.29 is 14.3 Å². The average Bonchev–Trinajstić information content (AvgIpc) is 3.46. The molecule has 29 heavy (non-hydrogen) atoms. The lowest BCUT2D eigenvalue weighted by molar-refractivity contribution is -0.122. The van der Waals surface area contributed by atoms with Crippen LogP contribution in [0.5, 0.6) is 0 Å². The van der Waals surface area contributed by atoms with Crippen LogP contribution in [0.4, 0.5) is 5.82 Å². The Hall–Kier alpha value is -2.04. The van der Waals surface area contributed by atoms with Gasteiger partial charge in [-0.2, -0.15) is 16.9 Å². The van der Waals surface area contributed by atoms with Crippen LogP contribution in [0.3, 0.4) is 0 Å². The minimum Gasteiger partial charge on any atom is -0.376 e. The first kappa shape index (κ1) is 20.2. The number of thioether (sulfide) groups is 2. The van der Waals surface area contributed by atoms with Crippen LogP contribution in [0.1, 0.15) is 24.1 Å². The molecule has 2 aliphatic heterocycles. The quantitative estimate of drug-likeness (QED) is 0.615. The molecule has 2 aliphatic rings. The molecule has 0 radical (unpaired) electrons. The van der Waals surface area contributed by atoms with Crippen LogP contribution in [0.15, 0.2) is 29.4 Å². The summed E-state index contributed by atoms with van der Waals surface area (Å²) in [5.41, 5.74) is 1.96. The lowest BCUT2D eigenvalue weighted by Gasteiger charge is -2.13. The van der Waals surface area contributed by atoms with Crippen LogP contribution in [-0.2, 0) is 32.4 Å². The second-order valence-electron chi connectivity index (χ2n) is 6.88. The van der Waals surface area contributed by atoms with Crippen molar-refractivity contribution in [2.24, 2.45) is 0 Å². The van der Waals surface area contributed by atoms with Gasteiger partial charge in [-0.05, 0) is 25.0 Å². The van der Waals surface area contributed by atoms with Crippen molar-refractivity contribution in [3.05, 3.63) is 35.8 Å². The third-order valence-electron chi connectivity index (χ3n) is 4.74. The summed E-state index contributed by atoms with van der Waals surface area (Å²) in [5, 5.41) is 10.4. The summed E-state index contributed by atoms with van der Waals surface area (Å²) in [6, 6.07) is 3.74. The number of anilines is 1. The van der Waals surface area contributed by atoms with E-state index in [9.17, 15) is 9.59 Å². The predicted molar refractivity (Wildman–Crippen MR) is 113 cm³/mol. The van der Waals surface area contributed by atoms with Crippen LogP contribution >= 0.6 is 23.5 Å². The minimum atomic E-state index is -0.129. The summed E-state index contributed by atoms with van der Waals surface area (Å²) in [7, 11) is 0. The van der Waals surface area contributed by atoms with Gasteiger partial charge in [-0.15, -0.1) is 11.8 Å². The second kappa shape index (κ2) is 9.64. The fourth-order valence-corrected chi connectivity index (χ4v) is 5.02. The Labute approximate surface area is 177 Å². The SMILES string of the molecule is O=C(Cn1nc2c(c1NC(=O)CSc1ccncc1)CSC2)NC[C@H]1CCCO1. The molecule has 2 aromatic heterocycles. The van der Waals surface area contributed by atoms with Crippen molar-refractivity contribution in [2.75, 3.05) is 24.2 Å². The first-order valence-electron chi connectivity index (χ1n) is 9.56. The number of hydrogen-bond donors (Lipinski definition) is 2. The van der Waals surface area contributed by atoms with E-state index in [-0.39, 0.29) is 30.2 Å². The summed E-state index contributed by atoms with van der Waals surface area (Å²) in [6.45, 7) is 1.36. The molecule has 10 heteroatoms. The van der Waals surface area contributed by atoms with Crippen molar-refractivity contribution in [1.82, 2.24) is 20.1 Å². The first-order chi connectivity index (χ1) is 14.2. The highest BCUT2D eigenvalue weighted by molar-refractivity contribution is 8.00. The molecule has 0 aliphatic carbocycles. The van der Waals surface area contributed by atoms with Gasteiger partial charge in [-0.1, -0.05) is 0 Å². The molecular formula is C19H23N5O3S2. The second-order valence-corrected chi connectivity index (χ2v) is 8.92. The maximum atomic E-state index is 12.5. The largest absolute Gasteiger partial charge is 0.376 e. The number of hydrogen-bond acceptors (Lipinski definition) is 7. The zero-order chi connectivity index (χ0) is 20.1. The molecule has 2 amide bonds. The molecule has 4 heterocycles. The van der Waals surface area contributed by atoms with E-state index >= 15 is 0 Å². The van der Waals surface area contributed by atoms with Crippen LogP contribution in [0, 0.1) is 0 Å². The monoisotopic (exact) mass is 433 g/mol. The number of nitrogens with one attached hydrogen (secondary N) is 2. The zero-order valence-electron chi connectivity index (χ0n) is 15.9. The van der Waals surface area contributed by atoms with E-state index in [0.29, 0.717) is 12.4 Å². The van der Waals surface area contributed by atoms with Crippen molar-refractivity contribution in [1.29, 1.82) is 0 Å². The molecule has 0 spiro atoms. The van der Waals surface area contributed by atoms with Gasteiger partial charge in [0, 0.05) is 47.5 Å². The Kier molecular flexibility index (Phi) is 6.73. The normalized spacial score (nSPS) is 17.9. The summed E-state index contributed by atoms with van der Waals surface area (Å²) in [5.74, 6) is 2.26. The van der Waals surface area contributed by atoms with E-state index in [4.69, 9.17) is 4.74 Å². The number of pyridine rings is 1. The van der Waals surface area contributed by atoms with Gasteiger partial charge in [-0.3, -0.25) is 14.6 Å². The number of carbonyl (C=O) groups is 2. The van der Waals surface area contributed by atoms with E-state index in [2.05, 4.69) is 20.7 Å². The molecule has 1 saturated heterocycles. The standard InChI is InChI=1S/C19H23N5O3S2/c25-17(21-8-13-2-1-7-27-13)9-24-19(15-10-28-11-16(15)23-24)22-18(26)12-29-14-3-5-20-6-4-14/h3-6,13H,1-2,7-12H2,(H,21,25)(H,22,26)/t13-/m1/s1. The van der Waals surface area contributed by atoms with Crippen LogP contribution in [0.25, 0.3) is 0 Å². The Morgan fingerprint density at radius 1 is 1.28 bits per heavy atom. The van der Waals surface area contributed by atoms with Crippen LogP contribution in [0.2, 0.25) is 0 Å². The molecule has 2 aromatic rings. The number of fused-ring (bicyclic) bond motifs is 1. The van der Waals surface area contributed by atoms with E-state index in [0.717, 1.165) is 47.1 Å². The van der Waals surface area contributed by atoms with Gasteiger partial charge in [0.25, 0.3) is 0 Å². The van der Waals surface area contributed by atoms with Crippen LogP contribution in [-0.4, -0.2) is 51.6 Å². The molecule has 0 unspecified atom stereocenters. The molecule has 0 bridgehead atoms. The maximum absolute atomic E-state index is 12.5. The topological polar surface area (TPSA) is 98.1 Å². The lowest BCUT2D eigenvalue weighted by atomic mass is 10.2. The number of amides is 2. The summed E-state index contributed by atoms with van der Waals surface area (Å²) in [6.07, 6.45) is 5.52. The smallest absolute Gasteiger partial charge is 0.241 e. The Morgan fingerprint density at radius 3 is 2.93 bits per heavy atom. The molecule has 4 rings (SSSR count). The summed E-state index contributed by atoms with van der Waals surface area (Å²) < 4.78 is 7.16. The summed E-state index contributed by atoms with van der Waals surface area (Å²) in [4.78, 5) is 29.9. The van der Waals surface area contributed by atoms with Crippen molar-refractivity contribution in [2.45, 2.75) is 41.9 Å². The molecule has 0 aromatic carbocycles. The molecule has 1 fully saturated rings. The molecule has 1 atom stereocenters. The van der Waals surface area contributed by atoms with E-state index in [1.165, 1.54) is 11.8 Å². The fraction of sp³-hybridized carbons (Fsp3) is 0.474. The van der Waals surface area contributed by atoms with Gasteiger partial charge >= 0.3 is 0 Å². The van der Waals surface area contributed by atoms with E-state index in [1.807, 2.05) is 12.1 Å². The average molecular weight is 434 g/mol. The number of ether oxygens (including phenoxy) is 1. The number of nitrogens with zero attached hydrogens (tertiary/aromatic N) is 3. The molecule has 2 N–H and O–H groups in total. The highest BCUT2D eigenvalue weighted by Gasteiger charge is 2.25. The van der Waals surface area contributed by atoms with Crippen molar-refractivity contribution >= 4 is 41.2 Å². The van der Waals surface area contributed by atoms with Gasteiger partial charge in [0.05, 0.1) is 17.6 Å². The zero-order valence-corrected chi connectivity index (χ0v) is 17.6. The number of rotatable bonds is 8. The Morgan fingerprint density at radius 2 is 2.14 bits per heavy atom. The Bertz CT molecular complexity index is 868. The van der Waals surface area contributed by atoms with Crippen LogP contribution < -0.4 is 10.6 Å². The Balaban J connectivity index is 1.36. The molecule has 0 saturated carbocycles. The molecule has 154 valence electrons. The van der Waals surface area contributed by atoms with Gasteiger partial charge < -0.3 is 15.4 Å². The minimum absolute atomic E-state index is 0.0809. The summed E-state index contributed by atoms with van der Waals surface area (Å²) >= 11 is 3.20. The fourth-order valence-electron chi connectivity index (χ4n) is 3.30. The highest BCUT2D eigenvalue weighted by Crippen LogP contribution is 2.34. The molecular weight excluding hydrogens is 410 g/mol. The number of aromatic nitrogens is 3. The predicted octanol–water partition coefficient (Wildman–Crippen LogP) is 2.05.